The summed E-state index contributed by atoms with van der Waals surface area (Å²) in [6.45, 7) is 0.420. The number of anilines is 1. The number of piperidine rings is 1. The summed E-state index contributed by atoms with van der Waals surface area (Å²) in [6, 6.07) is 13.0. The minimum absolute atomic E-state index is 0.190. The van der Waals surface area contributed by atoms with Crippen LogP contribution in [-0.4, -0.2) is 47.5 Å². The third-order valence-corrected chi connectivity index (χ3v) is 4.97. The predicted octanol–water partition coefficient (Wildman–Crippen LogP) is 2.96. The lowest BCUT2D eigenvalue weighted by atomic mass is 10.0. The number of nitrogens with one attached hydrogen (secondary N) is 1. The average Bonchev–Trinajstić information content (AvgIpc) is 2.74. The number of carboxylic acids is 1. The number of hydrogen-bond acceptors (Lipinski definition) is 4. The first-order valence-electron chi connectivity index (χ1n) is 9.54. The van der Waals surface area contributed by atoms with Gasteiger partial charge in [0.15, 0.2) is 0 Å². The summed E-state index contributed by atoms with van der Waals surface area (Å²) in [6.07, 6.45) is 2.23. The van der Waals surface area contributed by atoms with Gasteiger partial charge < -0.3 is 20.1 Å². The monoisotopic (exact) mass is 396 g/mol. The highest BCUT2D eigenvalue weighted by Gasteiger charge is 2.32. The Morgan fingerprint density at radius 3 is 2.59 bits per heavy atom. The summed E-state index contributed by atoms with van der Waals surface area (Å²) in [5, 5.41) is 12.2. The summed E-state index contributed by atoms with van der Waals surface area (Å²) >= 11 is 0. The average molecular weight is 396 g/mol. The smallest absolute Gasteiger partial charge is 0.326 e. The van der Waals surface area contributed by atoms with Crippen LogP contribution in [0, 0.1) is 0 Å². The van der Waals surface area contributed by atoms with Gasteiger partial charge in [-0.15, -0.1) is 0 Å². The van der Waals surface area contributed by atoms with Crippen LogP contribution in [0.25, 0.3) is 0 Å². The second-order valence-electron chi connectivity index (χ2n) is 7.00. The zero-order valence-electron chi connectivity index (χ0n) is 16.3. The molecule has 0 bridgehead atoms. The second-order valence-corrected chi connectivity index (χ2v) is 7.00. The van der Waals surface area contributed by atoms with Gasteiger partial charge in [0.2, 0.25) is 5.91 Å². The molecule has 1 heterocycles. The molecule has 1 atom stereocenters. The normalized spacial score (nSPS) is 16.2. The van der Waals surface area contributed by atoms with Gasteiger partial charge in [-0.3, -0.25) is 9.59 Å². The Hall–Kier alpha value is -3.35. The number of nitrogens with zero attached hydrogens (tertiary/aromatic N) is 1. The Balaban J connectivity index is 1.67. The topological polar surface area (TPSA) is 95.9 Å². The first-order chi connectivity index (χ1) is 14.0. The van der Waals surface area contributed by atoms with E-state index in [1.54, 1.807) is 43.5 Å². The number of amides is 2. The van der Waals surface area contributed by atoms with Crippen LogP contribution in [0.2, 0.25) is 0 Å². The van der Waals surface area contributed by atoms with E-state index in [0.717, 1.165) is 24.2 Å². The lowest BCUT2D eigenvalue weighted by Crippen LogP contribution is -2.48. The van der Waals surface area contributed by atoms with Crippen LogP contribution in [0.15, 0.2) is 48.5 Å². The van der Waals surface area contributed by atoms with E-state index in [4.69, 9.17) is 4.74 Å². The van der Waals surface area contributed by atoms with Gasteiger partial charge in [0, 0.05) is 17.8 Å². The molecule has 2 aromatic rings. The Bertz CT molecular complexity index is 894. The van der Waals surface area contributed by atoms with E-state index in [1.165, 1.54) is 4.90 Å². The van der Waals surface area contributed by atoms with Gasteiger partial charge in [-0.2, -0.15) is 0 Å². The zero-order chi connectivity index (χ0) is 20.8. The molecule has 0 radical (unpaired) electrons. The number of methoxy groups -OCH3 is 1. The maximum atomic E-state index is 12.8. The molecule has 0 saturated carbocycles. The van der Waals surface area contributed by atoms with Crippen molar-refractivity contribution < 1.29 is 24.2 Å². The molecule has 7 nitrogen and oxygen atoms in total. The number of ether oxygens (including phenoxy) is 1. The fourth-order valence-electron chi connectivity index (χ4n) is 3.46. The largest absolute Gasteiger partial charge is 0.497 e. The zero-order valence-corrected chi connectivity index (χ0v) is 16.3. The third-order valence-electron chi connectivity index (χ3n) is 4.97. The van der Waals surface area contributed by atoms with Crippen molar-refractivity contribution in [3.63, 3.8) is 0 Å². The number of carboxylic acid groups (broad SMARTS) is 1. The summed E-state index contributed by atoms with van der Waals surface area (Å²) in [5.41, 5.74) is 1.70. The number of carbonyl (C=O) groups is 3. The highest BCUT2D eigenvalue weighted by Crippen LogP contribution is 2.21. The highest BCUT2D eigenvalue weighted by atomic mass is 16.5. The van der Waals surface area contributed by atoms with Crippen LogP contribution in [0.3, 0.4) is 0 Å². The molecule has 29 heavy (non-hydrogen) atoms. The lowest BCUT2D eigenvalue weighted by Gasteiger charge is -2.33. The Kier molecular flexibility index (Phi) is 6.49. The van der Waals surface area contributed by atoms with Crippen LogP contribution in [0.5, 0.6) is 5.75 Å². The minimum atomic E-state index is -0.984. The van der Waals surface area contributed by atoms with Crippen LogP contribution >= 0.6 is 0 Å². The van der Waals surface area contributed by atoms with E-state index in [-0.39, 0.29) is 18.2 Å². The molecule has 1 saturated heterocycles. The fourth-order valence-corrected chi connectivity index (χ4v) is 3.46. The molecule has 152 valence electrons. The number of hydrogen-bond donors (Lipinski definition) is 2. The van der Waals surface area contributed by atoms with Crippen molar-refractivity contribution >= 4 is 23.5 Å². The van der Waals surface area contributed by atoms with E-state index in [2.05, 4.69) is 5.32 Å². The quantitative estimate of drug-likeness (QED) is 0.783. The summed E-state index contributed by atoms with van der Waals surface area (Å²) in [7, 11) is 1.58. The maximum absolute atomic E-state index is 12.8. The van der Waals surface area contributed by atoms with Crippen molar-refractivity contribution in [3.05, 3.63) is 59.7 Å². The predicted molar refractivity (Wildman–Crippen MR) is 108 cm³/mol. The number of aliphatic carboxylic acids is 1. The number of likely N-dealkylation sites (tertiary alicyclic amines) is 1. The fraction of sp³-hybridized carbons (Fsp3) is 0.318. The summed E-state index contributed by atoms with van der Waals surface area (Å²) < 4.78 is 5.10. The number of rotatable bonds is 6. The Morgan fingerprint density at radius 1 is 1.14 bits per heavy atom. The maximum Gasteiger partial charge on any atom is 0.326 e. The second kappa shape index (κ2) is 9.23. The van der Waals surface area contributed by atoms with E-state index < -0.39 is 12.0 Å². The first kappa shape index (κ1) is 20.4. The number of carbonyl (C=O) groups excluding carboxylic acids is 2. The molecule has 0 aliphatic carbocycles. The molecule has 1 unspecified atom stereocenters. The van der Waals surface area contributed by atoms with Gasteiger partial charge in [-0.05, 0) is 55.2 Å². The van der Waals surface area contributed by atoms with Crippen molar-refractivity contribution in [2.45, 2.75) is 31.7 Å². The van der Waals surface area contributed by atoms with E-state index in [9.17, 15) is 19.5 Å². The molecule has 2 amide bonds. The Morgan fingerprint density at radius 2 is 1.90 bits per heavy atom. The molecular weight excluding hydrogens is 372 g/mol. The van der Waals surface area contributed by atoms with Crippen LogP contribution < -0.4 is 10.1 Å². The number of benzene rings is 2. The van der Waals surface area contributed by atoms with Gasteiger partial charge in [0.1, 0.15) is 11.8 Å². The van der Waals surface area contributed by atoms with Gasteiger partial charge in [-0.25, -0.2) is 4.79 Å². The third kappa shape index (κ3) is 5.13. The van der Waals surface area contributed by atoms with Crippen molar-refractivity contribution in [1.82, 2.24) is 4.90 Å². The molecule has 3 rings (SSSR count). The van der Waals surface area contributed by atoms with Crippen molar-refractivity contribution in [1.29, 1.82) is 0 Å². The van der Waals surface area contributed by atoms with Crippen LogP contribution in [0.4, 0.5) is 5.69 Å². The standard InChI is InChI=1S/C22H24N2O5/c1-29-18-10-8-15(9-11-18)13-20(25)23-17-6-4-5-16(14-17)21(26)24-12-3-2-7-19(24)22(27)28/h4-6,8-11,14,19H,2-3,7,12-13H2,1H3,(H,23,25)(H,27,28). The molecule has 1 aliphatic heterocycles. The van der Waals surface area contributed by atoms with Gasteiger partial charge in [0.25, 0.3) is 5.91 Å². The SMILES string of the molecule is COc1ccc(CC(=O)Nc2cccc(C(=O)N3CCCCC3C(=O)O)c2)cc1. The molecule has 2 N–H and O–H groups in total. The van der Waals surface area contributed by atoms with Crippen LogP contribution in [0.1, 0.15) is 35.2 Å². The highest BCUT2D eigenvalue weighted by molar-refractivity contribution is 5.99. The molecule has 1 fully saturated rings. The Labute approximate surface area is 169 Å². The van der Waals surface area contributed by atoms with Gasteiger partial charge in [0.05, 0.1) is 13.5 Å². The van der Waals surface area contributed by atoms with Crippen LogP contribution in [-0.2, 0) is 16.0 Å². The first-order valence-corrected chi connectivity index (χ1v) is 9.54. The lowest BCUT2D eigenvalue weighted by molar-refractivity contribution is -0.143. The summed E-state index contributed by atoms with van der Waals surface area (Å²) in [5.74, 6) is -0.802. The molecule has 0 spiro atoms. The molecule has 7 heteroatoms. The van der Waals surface area contributed by atoms with E-state index in [0.29, 0.717) is 24.2 Å². The van der Waals surface area contributed by atoms with E-state index in [1.807, 2.05) is 12.1 Å². The molecule has 2 aromatic carbocycles. The van der Waals surface area contributed by atoms with Crippen molar-refractivity contribution in [2.75, 3.05) is 19.0 Å². The summed E-state index contributed by atoms with van der Waals surface area (Å²) in [4.78, 5) is 38.1. The van der Waals surface area contributed by atoms with Crippen molar-refractivity contribution in [3.8, 4) is 5.75 Å². The van der Waals surface area contributed by atoms with Gasteiger partial charge >= 0.3 is 5.97 Å². The van der Waals surface area contributed by atoms with Gasteiger partial charge in [-0.1, -0.05) is 18.2 Å². The molecular formula is C22H24N2O5. The molecule has 1 aliphatic rings. The minimum Gasteiger partial charge on any atom is -0.497 e. The molecule has 0 aromatic heterocycles. The van der Waals surface area contributed by atoms with Crippen molar-refractivity contribution in [2.24, 2.45) is 0 Å². The van der Waals surface area contributed by atoms with E-state index >= 15 is 0 Å².